The molecule has 0 saturated heterocycles. The molecule has 1 aromatic heterocycles. The molecule has 2 aromatic rings. The Labute approximate surface area is 124 Å². The van der Waals surface area contributed by atoms with Crippen molar-refractivity contribution >= 4 is 11.0 Å². The normalized spacial score (nSPS) is 31.4. The summed E-state index contributed by atoms with van der Waals surface area (Å²) in [5, 5.41) is 0. The zero-order valence-corrected chi connectivity index (χ0v) is 12.4. The molecule has 2 aliphatic carbocycles. The van der Waals surface area contributed by atoms with Crippen molar-refractivity contribution in [2.24, 2.45) is 17.6 Å². The van der Waals surface area contributed by atoms with Gasteiger partial charge in [0.25, 0.3) is 0 Å². The fourth-order valence-corrected chi connectivity index (χ4v) is 4.56. The Morgan fingerprint density at radius 3 is 2.86 bits per heavy atom. The van der Waals surface area contributed by atoms with Gasteiger partial charge in [0.1, 0.15) is 11.3 Å². The van der Waals surface area contributed by atoms with Gasteiger partial charge in [-0.3, -0.25) is 0 Å². The highest BCUT2D eigenvalue weighted by Crippen LogP contribution is 2.52. The highest BCUT2D eigenvalue weighted by molar-refractivity contribution is 5.77. The molecule has 2 bridgehead atoms. The molecule has 0 aliphatic heterocycles. The van der Waals surface area contributed by atoms with Crippen molar-refractivity contribution in [2.75, 3.05) is 0 Å². The number of nitrogens with zero attached hydrogens (tertiary/aromatic N) is 2. The average molecular weight is 287 g/mol. The van der Waals surface area contributed by atoms with Gasteiger partial charge in [-0.15, -0.1) is 0 Å². The molecule has 112 valence electrons. The fourth-order valence-electron chi connectivity index (χ4n) is 4.56. The van der Waals surface area contributed by atoms with Crippen molar-refractivity contribution in [3.8, 4) is 0 Å². The van der Waals surface area contributed by atoms with Gasteiger partial charge in [0, 0.05) is 18.5 Å². The van der Waals surface area contributed by atoms with Crippen LogP contribution < -0.4 is 5.73 Å². The van der Waals surface area contributed by atoms with Gasteiger partial charge >= 0.3 is 0 Å². The quantitative estimate of drug-likeness (QED) is 0.940. The smallest absolute Gasteiger partial charge is 0.151 e. The summed E-state index contributed by atoms with van der Waals surface area (Å²) in [5.41, 5.74) is 7.90. The van der Waals surface area contributed by atoms with E-state index in [1.807, 2.05) is 6.07 Å². The van der Waals surface area contributed by atoms with Crippen LogP contribution in [0, 0.1) is 17.7 Å². The van der Waals surface area contributed by atoms with Gasteiger partial charge < -0.3 is 10.3 Å². The molecule has 0 spiro atoms. The van der Waals surface area contributed by atoms with Crippen LogP contribution in [0.5, 0.6) is 0 Å². The Hall–Kier alpha value is -1.42. The lowest BCUT2D eigenvalue weighted by Gasteiger charge is -2.28. The number of hydrogen-bond acceptors (Lipinski definition) is 2. The number of imidazole rings is 1. The minimum atomic E-state index is -0.222. The lowest BCUT2D eigenvalue weighted by atomic mass is 9.84. The fraction of sp³-hybridized carbons (Fsp3) is 0.588. The Balaban J connectivity index is 1.88. The van der Waals surface area contributed by atoms with Crippen LogP contribution in [0.1, 0.15) is 44.3 Å². The van der Waals surface area contributed by atoms with E-state index < -0.39 is 0 Å². The largest absolute Gasteiger partial charge is 0.328 e. The Bertz CT molecular complexity index is 676. The summed E-state index contributed by atoms with van der Waals surface area (Å²) in [6.07, 6.45) is 4.75. The van der Waals surface area contributed by atoms with Gasteiger partial charge in [0.2, 0.25) is 0 Å². The van der Waals surface area contributed by atoms with Crippen LogP contribution in [0.25, 0.3) is 11.0 Å². The molecule has 1 aromatic carbocycles. The van der Waals surface area contributed by atoms with E-state index in [0.717, 1.165) is 24.3 Å². The van der Waals surface area contributed by atoms with Crippen LogP contribution in [-0.4, -0.2) is 15.6 Å². The molecule has 1 heterocycles. The molecule has 21 heavy (non-hydrogen) atoms. The van der Waals surface area contributed by atoms with Crippen molar-refractivity contribution in [3.05, 3.63) is 29.8 Å². The summed E-state index contributed by atoms with van der Waals surface area (Å²) in [5.74, 6) is 2.39. The highest BCUT2D eigenvalue weighted by Gasteiger charge is 2.48. The zero-order chi connectivity index (χ0) is 14.6. The predicted molar refractivity (Wildman–Crippen MR) is 81.5 cm³/mol. The van der Waals surface area contributed by atoms with Gasteiger partial charge in [0.05, 0.1) is 5.52 Å². The maximum atomic E-state index is 14.1. The van der Waals surface area contributed by atoms with Gasteiger partial charge in [-0.25, -0.2) is 9.37 Å². The summed E-state index contributed by atoms with van der Waals surface area (Å²) in [6, 6.07) is 5.44. The summed E-state index contributed by atoms with van der Waals surface area (Å²) < 4.78 is 16.3. The van der Waals surface area contributed by atoms with Crippen molar-refractivity contribution < 1.29 is 4.39 Å². The van der Waals surface area contributed by atoms with Gasteiger partial charge in [0.15, 0.2) is 5.82 Å². The number of fused-ring (bicyclic) bond motifs is 3. The number of halogens is 1. The number of para-hydroxylation sites is 1. The van der Waals surface area contributed by atoms with Crippen LogP contribution >= 0.6 is 0 Å². The van der Waals surface area contributed by atoms with E-state index in [-0.39, 0.29) is 11.9 Å². The first-order valence-corrected chi connectivity index (χ1v) is 8.11. The second kappa shape index (κ2) is 4.80. The van der Waals surface area contributed by atoms with Crippen molar-refractivity contribution in [3.63, 3.8) is 0 Å². The number of hydrogen-bond donors (Lipinski definition) is 1. The first-order chi connectivity index (χ1) is 10.2. The minimum Gasteiger partial charge on any atom is -0.328 e. The van der Waals surface area contributed by atoms with Gasteiger partial charge in [-0.2, -0.15) is 0 Å². The molecule has 2 fully saturated rings. The molecular formula is C17H22FN3. The van der Waals surface area contributed by atoms with Crippen LogP contribution in [0.2, 0.25) is 0 Å². The highest BCUT2D eigenvalue weighted by atomic mass is 19.1. The Morgan fingerprint density at radius 2 is 2.14 bits per heavy atom. The van der Waals surface area contributed by atoms with Crippen molar-refractivity contribution in [1.29, 1.82) is 0 Å². The van der Waals surface area contributed by atoms with Crippen LogP contribution in [-0.2, 0) is 6.54 Å². The van der Waals surface area contributed by atoms with E-state index in [1.54, 1.807) is 6.07 Å². The van der Waals surface area contributed by atoms with E-state index in [2.05, 4.69) is 16.5 Å². The Morgan fingerprint density at radius 1 is 1.33 bits per heavy atom. The van der Waals surface area contributed by atoms with E-state index >= 15 is 0 Å². The van der Waals surface area contributed by atoms with E-state index in [4.69, 9.17) is 5.73 Å². The third-order valence-corrected chi connectivity index (χ3v) is 5.49. The topological polar surface area (TPSA) is 43.8 Å². The number of benzene rings is 1. The summed E-state index contributed by atoms with van der Waals surface area (Å²) in [4.78, 5) is 4.69. The minimum absolute atomic E-state index is 0.194. The van der Waals surface area contributed by atoms with E-state index in [1.165, 1.54) is 25.3 Å². The molecule has 0 amide bonds. The lowest BCUT2D eigenvalue weighted by Crippen LogP contribution is -2.35. The number of aromatic nitrogens is 2. The van der Waals surface area contributed by atoms with Gasteiger partial charge in [-0.1, -0.05) is 13.0 Å². The maximum Gasteiger partial charge on any atom is 0.151 e. The van der Waals surface area contributed by atoms with Crippen molar-refractivity contribution in [1.82, 2.24) is 9.55 Å². The van der Waals surface area contributed by atoms with Crippen LogP contribution in [0.15, 0.2) is 18.2 Å². The molecule has 2 aliphatic rings. The molecular weight excluding hydrogens is 265 g/mol. The van der Waals surface area contributed by atoms with E-state index in [9.17, 15) is 4.39 Å². The summed E-state index contributed by atoms with van der Waals surface area (Å²) >= 11 is 0. The van der Waals surface area contributed by atoms with E-state index in [0.29, 0.717) is 23.3 Å². The molecule has 2 saturated carbocycles. The third kappa shape index (κ3) is 1.85. The van der Waals surface area contributed by atoms with Crippen LogP contribution in [0.4, 0.5) is 4.39 Å². The molecule has 0 radical (unpaired) electrons. The number of nitrogens with two attached hydrogens (primary N) is 1. The maximum absolute atomic E-state index is 14.1. The van der Waals surface area contributed by atoms with Gasteiger partial charge in [-0.05, 0) is 49.7 Å². The predicted octanol–water partition coefficient (Wildman–Crippen LogP) is 3.43. The molecule has 4 atom stereocenters. The summed E-state index contributed by atoms with van der Waals surface area (Å²) in [7, 11) is 0. The lowest BCUT2D eigenvalue weighted by molar-refractivity contribution is 0.346. The number of rotatable bonds is 3. The Kier molecular flexibility index (Phi) is 3.03. The summed E-state index contributed by atoms with van der Waals surface area (Å²) in [6.45, 7) is 3.03. The second-order valence-corrected chi connectivity index (χ2v) is 6.67. The molecule has 3 nitrogen and oxygen atoms in total. The molecule has 4 unspecified atom stereocenters. The standard InChI is InChI=1S/C17H22FN3/c1-2-8-21-13-5-3-4-12(18)16(13)20-17(21)14-10-6-7-11(9-10)15(14)19/h3-5,10-11,14-15H,2,6-9,19H2,1H3. The first-order valence-electron chi connectivity index (χ1n) is 8.11. The zero-order valence-electron chi connectivity index (χ0n) is 12.4. The second-order valence-electron chi connectivity index (χ2n) is 6.67. The van der Waals surface area contributed by atoms with Crippen LogP contribution in [0.3, 0.4) is 0 Å². The average Bonchev–Trinajstić information content (AvgIpc) is 3.14. The first kappa shape index (κ1) is 13.3. The monoisotopic (exact) mass is 287 g/mol. The third-order valence-electron chi connectivity index (χ3n) is 5.49. The number of aryl methyl sites for hydroxylation is 1. The molecule has 4 heteroatoms. The SMILES string of the molecule is CCCn1c(C2C3CCC(C3)C2N)nc2c(F)cccc21. The molecule has 4 rings (SSSR count). The van der Waals surface area contributed by atoms with Crippen molar-refractivity contribution in [2.45, 2.75) is 51.1 Å². The molecule has 2 N–H and O–H groups in total.